The second-order valence-electron chi connectivity index (χ2n) is 2.25. The molecule has 0 aliphatic rings. The Kier molecular flexibility index (Phi) is 2.47. The molecule has 5 heteroatoms. The van der Waals surface area contributed by atoms with Crippen LogP contribution in [-0.2, 0) is 6.54 Å². The van der Waals surface area contributed by atoms with E-state index in [4.69, 9.17) is 10.8 Å². The fraction of sp³-hybridized carbons (Fsp3) is 0.143. The fourth-order valence-corrected chi connectivity index (χ4v) is 0.782. The van der Waals surface area contributed by atoms with Crippen LogP contribution in [0.1, 0.15) is 5.56 Å². The van der Waals surface area contributed by atoms with Gasteiger partial charge in [0.05, 0.1) is 0 Å². The number of hydrogen-bond acceptors (Lipinski definition) is 3. The first-order chi connectivity index (χ1) is 5.68. The van der Waals surface area contributed by atoms with E-state index >= 15 is 0 Å². The van der Waals surface area contributed by atoms with E-state index in [0.717, 1.165) is 5.56 Å². The number of carboxylic acid groups (broad SMARTS) is 1. The second kappa shape index (κ2) is 3.56. The number of hydrogen-bond donors (Lipinski definition) is 3. The van der Waals surface area contributed by atoms with Gasteiger partial charge in [-0.05, 0) is 17.7 Å². The van der Waals surface area contributed by atoms with Crippen molar-refractivity contribution >= 4 is 11.9 Å². The molecule has 0 saturated carbocycles. The van der Waals surface area contributed by atoms with Crippen molar-refractivity contribution in [2.24, 2.45) is 0 Å². The maximum atomic E-state index is 10.1. The number of carbonyl (C=O) groups is 1. The van der Waals surface area contributed by atoms with E-state index in [9.17, 15) is 4.79 Å². The normalized spacial score (nSPS) is 9.33. The van der Waals surface area contributed by atoms with Crippen molar-refractivity contribution < 1.29 is 9.90 Å². The molecule has 1 heterocycles. The lowest BCUT2D eigenvalue weighted by Gasteiger charge is -2.00. The van der Waals surface area contributed by atoms with Crippen LogP contribution in [0.2, 0.25) is 0 Å². The van der Waals surface area contributed by atoms with Crippen LogP contribution in [0.3, 0.4) is 0 Å². The number of nitrogens with zero attached hydrogens (tertiary/aromatic N) is 1. The zero-order chi connectivity index (χ0) is 8.97. The maximum Gasteiger partial charge on any atom is 0.404 e. The van der Waals surface area contributed by atoms with Crippen LogP contribution >= 0.6 is 0 Å². The molecule has 0 aliphatic carbocycles. The number of aromatic nitrogens is 1. The molecule has 64 valence electrons. The van der Waals surface area contributed by atoms with Gasteiger partial charge in [-0.1, -0.05) is 0 Å². The minimum absolute atomic E-state index is 0.252. The molecule has 0 aliphatic heterocycles. The third-order valence-electron chi connectivity index (χ3n) is 1.29. The molecule has 0 spiro atoms. The van der Waals surface area contributed by atoms with Crippen LogP contribution in [0.4, 0.5) is 10.6 Å². The summed E-state index contributed by atoms with van der Waals surface area (Å²) in [5.74, 6) is 0.389. The first kappa shape index (κ1) is 8.32. The van der Waals surface area contributed by atoms with E-state index in [1.54, 1.807) is 12.1 Å². The van der Waals surface area contributed by atoms with Crippen LogP contribution in [0.15, 0.2) is 18.3 Å². The molecule has 0 unspecified atom stereocenters. The highest BCUT2D eigenvalue weighted by molar-refractivity contribution is 5.64. The molecule has 0 bridgehead atoms. The summed E-state index contributed by atoms with van der Waals surface area (Å²) in [4.78, 5) is 13.9. The number of amides is 1. The summed E-state index contributed by atoms with van der Waals surface area (Å²) in [7, 11) is 0. The van der Waals surface area contributed by atoms with Gasteiger partial charge >= 0.3 is 6.09 Å². The molecule has 1 aromatic rings. The number of rotatable bonds is 2. The number of anilines is 1. The SMILES string of the molecule is Nc1cc(CNC(=O)O)ccn1. The van der Waals surface area contributed by atoms with Crippen molar-refractivity contribution in [3.05, 3.63) is 23.9 Å². The number of nitrogen functional groups attached to an aromatic ring is 1. The molecule has 12 heavy (non-hydrogen) atoms. The molecule has 0 radical (unpaired) electrons. The monoisotopic (exact) mass is 167 g/mol. The Hall–Kier alpha value is -1.78. The van der Waals surface area contributed by atoms with Crippen molar-refractivity contribution in [3.8, 4) is 0 Å². The van der Waals surface area contributed by atoms with E-state index < -0.39 is 6.09 Å². The molecule has 0 atom stereocenters. The molecule has 1 rings (SSSR count). The number of pyridine rings is 1. The lowest BCUT2D eigenvalue weighted by atomic mass is 10.2. The van der Waals surface area contributed by atoms with E-state index in [2.05, 4.69) is 10.3 Å². The van der Waals surface area contributed by atoms with Crippen LogP contribution in [0.25, 0.3) is 0 Å². The van der Waals surface area contributed by atoms with Crippen LogP contribution in [-0.4, -0.2) is 16.2 Å². The van der Waals surface area contributed by atoms with Crippen LogP contribution in [0, 0.1) is 0 Å². The fourth-order valence-electron chi connectivity index (χ4n) is 0.782. The quantitative estimate of drug-likeness (QED) is 0.596. The van der Waals surface area contributed by atoms with Gasteiger partial charge in [-0.15, -0.1) is 0 Å². The minimum Gasteiger partial charge on any atom is -0.465 e. The molecule has 5 nitrogen and oxygen atoms in total. The Bertz CT molecular complexity index is 288. The Morgan fingerprint density at radius 1 is 1.75 bits per heavy atom. The standard InChI is InChI=1S/C7H9N3O2/c8-6-3-5(1-2-9-6)4-10-7(11)12/h1-3,10H,4H2,(H2,8,9)(H,11,12). The molecule has 4 N–H and O–H groups in total. The van der Waals surface area contributed by atoms with E-state index in [0.29, 0.717) is 5.82 Å². The molecular formula is C7H9N3O2. The summed E-state index contributed by atoms with van der Waals surface area (Å²) in [5.41, 5.74) is 6.17. The first-order valence-corrected chi connectivity index (χ1v) is 3.35. The highest BCUT2D eigenvalue weighted by Gasteiger charge is 1.96. The van der Waals surface area contributed by atoms with Crippen LogP contribution < -0.4 is 11.1 Å². The topological polar surface area (TPSA) is 88.2 Å². The highest BCUT2D eigenvalue weighted by Crippen LogP contribution is 2.01. The first-order valence-electron chi connectivity index (χ1n) is 3.35. The summed E-state index contributed by atoms with van der Waals surface area (Å²) in [5, 5.41) is 10.5. The van der Waals surface area contributed by atoms with Crippen LogP contribution in [0.5, 0.6) is 0 Å². The van der Waals surface area contributed by atoms with Gasteiger partial charge in [0.15, 0.2) is 0 Å². The molecule has 0 fully saturated rings. The van der Waals surface area contributed by atoms with Crippen molar-refractivity contribution in [1.82, 2.24) is 10.3 Å². The lowest BCUT2D eigenvalue weighted by Crippen LogP contribution is -2.19. The molecule has 1 aromatic heterocycles. The average Bonchev–Trinajstić information content (AvgIpc) is 2.01. The Labute approximate surface area is 69.2 Å². The third-order valence-corrected chi connectivity index (χ3v) is 1.29. The summed E-state index contributed by atoms with van der Waals surface area (Å²) in [6.07, 6.45) is 0.485. The van der Waals surface area contributed by atoms with Gasteiger partial charge in [0.1, 0.15) is 5.82 Å². The molecule has 0 saturated heterocycles. The van der Waals surface area contributed by atoms with Crippen molar-refractivity contribution in [1.29, 1.82) is 0 Å². The summed E-state index contributed by atoms with van der Waals surface area (Å²) in [6, 6.07) is 3.32. The van der Waals surface area contributed by atoms with Gasteiger partial charge in [-0.3, -0.25) is 0 Å². The Balaban J connectivity index is 2.57. The molecular weight excluding hydrogens is 158 g/mol. The Morgan fingerprint density at radius 3 is 3.08 bits per heavy atom. The number of nitrogens with one attached hydrogen (secondary N) is 1. The zero-order valence-corrected chi connectivity index (χ0v) is 6.32. The molecule has 1 amide bonds. The minimum atomic E-state index is -1.05. The van der Waals surface area contributed by atoms with Gasteiger partial charge in [-0.25, -0.2) is 9.78 Å². The smallest absolute Gasteiger partial charge is 0.404 e. The summed E-state index contributed by atoms with van der Waals surface area (Å²) >= 11 is 0. The van der Waals surface area contributed by atoms with Crippen molar-refractivity contribution in [2.45, 2.75) is 6.54 Å². The number of nitrogens with two attached hydrogens (primary N) is 1. The van der Waals surface area contributed by atoms with Crippen molar-refractivity contribution in [3.63, 3.8) is 0 Å². The second-order valence-corrected chi connectivity index (χ2v) is 2.25. The largest absolute Gasteiger partial charge is 0.465 e. The Morgan fingerprint density at radius 2 is 2.50 bits per heavy atom. The zero-order valence-electron chi connectivity index (χ0n) is 6.32. The van der Waals surface area contributed by atoms with Crippen molar-refractivity contribution in [2.75, 3.05) is 5.73 Å². The van der Waals surface area contributed by atoms with Gasteiger partial charge in [-0.2, -0.15) is 0 Å². The molecule has 0 aromatic carbocycles. The third kappa shape index (κ3) is 2.45. The van der Waals surface area contributed by atoms with Gasteiger partial charge in [0, 0.05) is 12.7 Å². The highest BCUT2D eigenvalue weighted by atomic mass is 16.4. The predicted octanol–water partition coefficient (Wildman–Crippen LogP) is 0.431. The van der Waals surface area contributed by atoms with Gasteiger partial charge in [0.2, 0.25) is 0 Å². The predicted molar refractivity (Wildman–Crippen MR) is 43.5 cm³/mol. The maximum absolute atomic E-state index is 10.1. The summed E-state index contributed by atoms with van der Waals surface area (Å²) in [6.45, 7) is 0.252. The summed E-state index contributed by atoms with van der Waals surface area (Å²) < 4.78 is 0. The van der Waals surface area contributed by atoms with E-state index in [1.807, 2.05) is 0 Å². The lowest BCUT2D eigenvalue weighted by molar-refractivity contribution is 0.194. The van der Waals surface area contributed by atoms with Gasteiger partial charge in [0.25, 0.3) is 0 Å². The average molecular weight is 167 g/mol. The van der Waals surface area contributed by atoms with E-state index in [-0.39, 0.29) is 6.54 Å². The van der Waals surface area contributed by atoms with Gasteiger partial charge < -0.3 is 16.2 Å². The van der Waals surface area contributed by atoms with E-state index in [1.165, 1.54) is 6.20 Å².